The van der Waals surface area contributed by atoms with Crippen LogP contribution in [0.4, 0.5) is 5.69 Å². The van der Waals surface area contributed by atoms with Crippen LogP contribution in [0.3, 0.4) is 0 Å². The number of rotatable bonds is 5. The Balaban J connectivity index is 2.08. The third-order valence-electron chi connectivity index (χ3n) is 5.68. The molecule has 1 saturated carbocycles. The van der Waals surface area contributed by atoms with Crippen LogP contribution in [-0.4, -0.2) is 17.0 Å². The van der Waals surface area contributed by atoms with Crippen LogP contribution in [0, 0.1) is 0 Å². The lowest BCUT2D eigenvalue weighted by Gasteiger charge is -2.28. The quantitative estimate of drug-likeness (QED) is 0.375. The highest BCUT2D eigenvalue weighted by molar-refractivity contribution is 8.13. The van der Waals surface area contributed by atoms with Gasteiger partial charge in [-0.2, -0.15) is 0 Å². The van der Waals surface area contributed by atoms with Gasteiger partial charge in [-0.05, 0) is 87.1 Å². The van der Waals surface area contributed by atoms with E-state index in [0.29, 0.717) is 11.8 Å². The Morgan fingerprint density at radius 2 is 1.71 bits per heavy atom. The molecule has 0 radical (unpaired) electrons. The Hall–Kier alpha value is -1.94. The molecule has 0 spiro atoms. The zero-order valence-electron chi connectivity index (χ0n) is 20.0. The Kier molecular flexibility index (Phi) is 8.10. The summed E-state index contributed by atoms with van der Waals surface area (Å²) in [6.07, 6.45) is 8.53. The lowest BCUT2D eigenvalue weighted by atomic mass is 9.81. The van der Waals surface area contributed by atoms with Gasteiger partial charge >= 0.3 is 0 Å². The third-order valence-corrected chi connectivity index (χ3v) is 6.26. The number of thioether (sulfide) groups is 1. The van der Waals surface area contributed by atoms with E-state index < -0.39 is 0 Å². The Labute approximate surface area is 193 Å². The lowest BCUT2D eigenvalue weighted by Crippen LogP contribution is -2.20. The number of amidine groups is 1. The number of nitrogens with one attached hydrogen (secondary N) is 1. The van der Waals surface area contributed by atoms with Gasteiger partial charge < -0.3 is 10.1 Å². The highest BCUT2D eigenvalue weighted by Gasteiger charge is 2.24. The Bertz CT molecular complexity index is 878. The third kappa shape index (κ3) is 6.77. The number of nitrogens with zero attached hydrogens (tertiary/aromatic N) is 1. The maximum absolute atomic E-state index is 6.30. The highest BCUT2D eigenvalue weighted by Crippen LogP contribution is 2.43. The van der Waals surface area contributed by atoms with Gasteiger partial charge in [0.2, 0.25) is 0 Å². The number of aliphatic imine (C=N–C) groups is 1. The van der Waals surface area contributed by atoms with E-state index in [0.717, 1.165) is 16.7 Å². The van der Waals surface area contributed by atoms with Crippen molar-refractivity contribution in [2.24, 2.45) is 4.99 Å². The minimum Gasteiger partial charge on any atom is -0.457 e. The molecule has 0 aromatic heterocycles. The van der Waals surface area contributed by atoms with Crippen molar-refractivity contribution < 1.29 is 4.74 Å². The van der Waals surface area contributed by atoms with Gasteiger partial charge in [-0.1, -0.05) is 63.1 Å². The summed E-state index contributed by atoms with van der Waals surface area (Å²) >= 11 is 1.68. The predicted octanol–water partition coefficient (Wildman–Crippen LogP) is 8.58. The first-order valence-corrected chi connectivity index (χ1v) is 12.8. The number of hydrogen-bond acceptors (Lipinski definition) is 3. The van der Waals surface area contributed by atoms with Gasteiger partial charge in [0.15, 0.2) is 5.17 Å². The molecule has 4 heteroatoms. The second kappa shape index (κ2) is 10.6. The van der Waals surface area contributed by atoms with E-state index in [1.165, 1.54) is 48.9 Å². The Morgan fingerprint density at radius 3 is 2.29 bits per heavy atom. The zero-order valence-corrected chi connectivity index (χ0v) is 20.8. The van der Waals surface area contributed by atoms with E-state index in [-0.39, 0.29) is 5.54 Å². The Morgan fingerprint density at radius 1 is 1.03 bits per heavy atom. The summed E-state index contributed by atoms with van der Waals surface area (Å²) in [7, 11) is 0. The van der Waals surface area contributed by atoms with E-state index >= 15 is 0 Å². The van der Waals surface area contributed by atoms with Gasteiger partial charge in [-0.3, -0.25) is 4.99 Å². The molecule has 0 amide bonds. The maximum Gasteiger partial charge on any atom is 0.161 e. The summed E-state index contributed by atoms with van der Waals surface area (Å²) in [5.74, 6) is 2.75. The standard InChI is InChI=1S/C27H38N2OS/c1-19(2)23-17-22(30-21-15-11-8-12-16-21)18-24(20-13-9-7-10-14-20)25(23)28-26(31-6)29-27(3,4)5/h8,11-12,15-20H,7,9-10,13-14H2,1-6H3,(H,28,29). The average molecular weight is 439 g/mol. The van der Waals surface area contributed by atoms with Crippen molar-refractivity contribution in [1.82, 2.24) is 0 Å². The normalized spacial score (nSPS) is 15.9. The van der Waals surface area contributed by atoms with Crippen molar-refractivity contribution in [3.8, 4) is 11.5 Å². The molecule has 1 N–H and O–H groups in total. The van der Waals surface area contributed by atoms with Crippen LogP contribution in [0.2, 0.25) is 0 Å². The summed E-state index contributed by atoms with van der Waals surface area (Å²) in [6, 6.07) is 14.6. The molecule has 1 fully saturated rings. The van der Waals surface area contributed by atoms with Crippen molar-refractivity contribution in [3.05, 3.63) is 53.6 Å². The largest absolute Gasteiger partial charge is 0.457 e. The summed E-state index contributed by atoms with van der Waals surface area (Å²) < 4.78 is 6.30. The lowest BCUT2D eigenvalue weighted by molar-refractivity contribution is 0.440. The first kappa shape index (κ1) is 23.7. The molecular weight excluding hydrogens is 400 g/mol. The number of hydrogen-bond donors (Lipinski definition) is 1. The van der Waals surface area contributed by atoms with Crippen molar-refractivity contribution >= 4 is 22.6 Å². The molecule has 1 aliphatic carbocycles. The average Bonchev–Trinajstić information content (AvgIpc) is 2.74. The van der Waals surface area contributed by atoms with Gasteiger partial charge in [0.05, 0.1) is 5.54 Å². The summed E-state index contributed by atoms with van der Waals surface area (Å²) in [5.41, 5.74) is 3.79. The number of ether oxygens (including phenoxy) is 1. The fourth-order valence-electron chi connectivity index (χ4n) is 4.21. The van der Waals surface area contributed by atoms with Gasteiger partial charge in [-0.25, -0.2) is 0 Å². The van der Waals surface area contributed by atoms with Crippen LogP contribution >= 0.6 is 11.8 Å². The van der Waals surface area contributed by atoms with Crippen LogP contribution in [0.15, 0.2) is 47.5 Å². The van der Waals surface area contributed by atoms with Crippen molar-refractivity contribution in [3.63, 3.8) is 0 Å². The summed E-state index contributed by atoms with van der Waals surface area (Å²) in [5, 5.41) is 4.72. The molecule has 0 bridgehead atoms. The number of para-hydroxylation sites is 1. The smallest absolute Gasteiger partial charge is 0.161 e. The molecule has 0 saturated heterocycles. The van der Waals surface area contributed by atoms with Gasteiger partial charge in [-0.15, -0.1) is 0 Å². The van der Waals surface area contributed by atoms with E-state index in [2.05, 4.69) is 58.3 Å². The molecule has 0 atom stereocenters. The second-order valence-corrected chi connectivity index (χ2v) is 10.6. The molecule has 0 unspecified atom stereocenters. The van der Waals surface area contributed by atoms with Crippen molar-refractivity contribution in [2.75, 3.05) is 11.6 Å². The van der Waals surface area contributed by atoms with Gasteiger partial charge in [0, 0.05) is 5.69 Å². The monoisotopic (exact) mass is 438 g/mol. The minimum atomic E-state index is -0.120. The maximum atomic E-state index is 6.30. The van der Waals surface area contributed by atoms with Crippen LogP contribution in [0.25, 0.3) is 0 Å². The first-order valence-electron chi connectivity index (χ1n) is 11.6. The zero-order chi connectivity index (χ0) is 22.4. The van der Waals surface area contributed by atoms with Crippen molar-refractivity contribution in [1.29, 1.82) is 0 Å². The van der Waals surface area contributed by atoms with Crippen LogP contribution in [0.1, 0.15) is 89.7 Å². The number of benzene rings is 2. The van der Waals surface area contributed by atoms with E-state index in [1.807, 2.05) is 30.3 Å². The molecule has 31 heavy (non-hydrogen) atoms. The molecular formula is C27H38N2OS. The predicted molar refractivity (Wildman–Crippen MR) is 137 cm³/mol. The molecule has 2 aromatic carbocycles. The van der Waals surface area contributed by atoms with Gasteiger partial charge in [0.25, 0.3) is 0 Å². The molecule has 0 aliphatic heterocycles. The van der Waals surface area contributed by atoms with Crippen LogP contribution < -0.4 is 10.1 Å². The fraction of sp³-hybridized carbons (Fsp3) is 0.519. The molecule has 3 rings (SSSR count). The van der Waals surface area contributed by atoms with Crippen molar-refractivity contribution in [2.45, 2.75) is 84.1 Å². The topological polar surface area (TPSA) is 33.6 Å². The molecule has 2 aromatic rings. The van der Waals surface area contributed by atoms with E-state index in [4.69, 9.17) is 9.73 Å². The highest BCUT2D eigenvalue weighted by atomic mass is 32.2. The fourth-order valence-corrected chi connectivity index (χ4v) is 4.78. The van der Waals surface area contributed by atoms with E-state index in [1.54, 1.807) is 11.8 Å². The molecule has 3 nitrogen and oxygen atoms in total. The minimum absolute atomic E-state index is 0.120. The second-order valence-electron chi connectivity index (χ2n) is 9.80. The van der Waals surface area contributed by atoms with E-state index in [9.17, 15) is 0 Å². The van der Waals surface area contributed by atoms with Crippen LogP contribution in [0.5, 0.6) is 11.5 Å². The number of anilines is 1. The summed E-state index contributed by atoms with van der Waals surface area (Å²) in [6.45, 7) is 11.0. The van der Waals surface area contributed by atoms with Crippen LogP contribution in [-0.2, 0) is 0 Å². The molecule has 0 heterocycles. The summed E-state index contributed by atoms with van der Waals surface area (Å²) in [4.78, 5) is 4.94. The van der Waals surface area contributed by atoms with Gasteiger partial charge in [0.1, 0.15) is 11.5 Å². The molecule has 168 valence electrons. The molecule has 1 aliphatic rings. The first-order chi connectivity index (χ1) is 14.8. The SMILES string of the molecule is CSC(=NC(C)(C)C)Nc1c(C(C)C)cc(Oc2ccccc2)cc1C1CCCCC1.